The summed E-state index contributed by atoms with van der Waals surface area (Å²) in [6.07, 6.45) is 1.78. The third-order valence-electron chi connectivity index (χ3n) is 5.32. The maximum atomic E-state index is 12.2. The highest BCUT2D eigenvalue weighted by Crippen LogP contribution is 2.43. The molecule has 1 aromatic carbocycles. The summed E-state index contributed by atoms with van der Waals surface area (Å²) in [5.74, 6) is 1.11. The van der Waals surface area contributed by atoms with Gasteiger partial charge in [-0.3, -0.25) is 9.88 Å². The van der Waals surface area contributed by atoms with Crippen LogP contribution in [0.2, 0.25) is 0 Å². The standard InChI is InChI=1S/C23H26N4O5/c1-23(2,3)32-22(29)26-15-6-7-27(12-15)21(17-5-4-14(10-24)11-25-17)16-8-19-20(9-18(16)28)31-13-30-19/h4-5,8-9,11,15,21,28H,6-7,12-13H2,1-3H3,(H,26,29)/t15-,21?/m1/s1. The molecule has 1 amide bonds. The monoisotopic (exact) mass is 438 g/mol. The van der Waals surface area contributed by atoms with Gasteiger partial charge in [0.25, 0.3) is 0 Å². The second kappa shape index (κ2) is 8.55. The third-order valence-corrected chi connectivity index (χ3v) is 5.32. The summed E-state index contributed by atoms with van der Waals surface area (Å²) in [4.78, 5) is 18.8. The summed E-state index contributed by atoms with van der Waals surface area (Å²) in [6.45, 7) is 6.78. The molecule has 0 radical (unpaired) electrons. The third kappa shape index (κ3) is 4.70. The van der Waals surface area contributed by atoms with E-state index in [-0.39, 0.29) is 18.6 Å². The molecule has 9 heteroatoms. The van der Waals surface area contributed by atoms with Crippen molar-refractivity contribution in [2.24, 2.45) is 0 Å². The number of alkyl carbamates (subject to hydrolysis) is 1. The number of ether oxygens (including phenoxy) is 3. The van der Waals surface area contributed by atoms with Crippen LogP contribution in [0.4, 0.5) is 4.79 Å². The number of nitrogens with zero attached hydrogens (tertiary/aromatic N) is 3. The summed E-state index contributed by atoms with van der Waals surface area (Å²) in [7, 11) is 0. The van der Waals surface area contributed by atoms with Crippen LogP contribution in [0.3, 0.4) is 0 Å². The van der Waals surface area contributed by atoms with Gasteiger partial charge in [0.2, 0.25) is 6.79 Å². The molecule has 168 valence electrons. The number of nitriles is 1. The summed E-state index contributed by atoms with van der Waals surface area (Å²) >= 11 is 0. The van der Waals surface area contributed by atoms with Crippen LogP contribution in [0.25, 0.3) is 0 Å². The number of hydrogen-bond donors (Lipinski definition) is 2. The molecule has 0 spiro atoms. The first-order valence-electron chi connectivity index (χ1n) is 10.5. The van der Waals surface area contributed by atoms with Crippen molar-refractivity contribution >= 4 is 6.09 Å². The van der Waals surface area contributed by atoms with Crippen LogP contribution >= 0.6 is 0 Å². The van der Waals surface area contributed by atoms with Crippen molar-refractivity contribution in [2.45, 2.75) is 44.9 Å². The molecule has 2 atom stereocenters. The number of nitrogens with one attached hydrogen (secondary N) is 1. The van der Waals surface area contributed by atoms with Gasteiger partial charge in [-0.25, -0.2) is 4.79 Å². The lowest BCUT2D eigenvalue weighted by Crippen LogP contribution is -2.41. The highest BCUT2D eigenvalue weighted by molar-refractivity contribution is 5.68. The van der Waals surface area contributed by atoms with Gasteiger partial charge in [-0.1, -0.05) is 0 Å². The Bertz CT molecular complexity index is 1040. The molecule has 0 saturated carbocycles. The van der Waals surface area contributed by atoms with Gasteiger partial charge >= 0.3 is 6.09 Å². The van der Waals surface area contributed by atoms with E-state index in [1.54, 1.807) is 24.3 Å². The molecule has 32 heavy (non-hydrogen) atoms. The Balaban J connectivity index is 1.61. The molecule has 3 heterocycles. The zero-order chi connectivity index (χ0) is 22.9. The van der Waals surface area contributed by atoms with Crippen LogP contribution < -0.4 is 14.8 Å². The Morgan fingerprint density at radius 1 is 1.34 bits per heavy atom. The zero-order valence-electron chi connectivity index (χ0n) is 18.3. The summed E-state index contributed by atoms with van der Waals surface area (Å²) in [5.41, 5.74) is 1.17. The lowest BCUT2D eigenvalue weighted by atomic mass is 9.99. The van der Waals surface area contributed by atoms with E-state index in [1.807, 2.05) is 20.8 Å². The smallest absolute Gasteiger partial charge is 0.407 e. The molecule has 2 aromatic rings. The van der Waals surface area contributed by atoms with E-state index >= 15 is 0 Å². The number of phenolic OH excluding ortho intramolecular Hbond substituents is 1. The molecular weight excluding hydrogens is 412 g/mol. The van der Waals surface area contributed by atoms with Crippen LogP contribution in [-0.2, 0) is 4.74 Å². The van der Waals surface area contributed by atoms with E-state index in [2.05, 4.69) is 21.3 Å². The molecule has 0 bridgehead atoms. The van der Waals surface area contributed by atoms with E-state index in [1.165, 1.54) is 6.20 Å². The Morgan fingerprint density at radius 3 is 2.75 bits per heavy atom. The van der Waals surface area contributed by atoms with Gasteiger partial charge in [0.05, 0.1) is 17.3 Å². The number of fused-ring (bicyclic) bond motifs is 1. The van der Waals surface area contributed by atoms with E-state index in [9.17, 15) is 9.90 Å². The van der Waals surface area contributed by atoms with Gasteiger partial charge in [-0.15, -0.1) is 0 Å². The fourth-order valence-electron chi connectivity index (χ4n) is 3.96. The summed E-state index contributed by atoms with van der Waals surface area (Å²) in [5, 5.41) is 22.8. The Kier molecular flexibility index (Phi) is 5.80. The first kappa shape index (κ1) is 21.7. The van der Waals surface area contributed by atoms with E-state index < -0.39 is 17.7 Å². The number of benzene rings is 1. The first-order chi connectivity index (χ1) is 15.2. The van der Waals surface area contributed by atoms with Crippen LogP contribution in [0, 0.1) is 11.3 Å². The van der Waals surface area contributed by atoms with Gasteiger partial charge < -0.3 is 24.6 Å². The van der Waals surface area contributed by atoms with Crippen molar-refractivity contribution in [2.75, 3.05) is 19.9 Å². The Labute approximate surface area is 186 Å². The number of rotatable bonds is 4. The van der Waals surface area contributed by atoms with Crippen LogP contribution in [-0.4, -0.2) is 52.6 Å². The average molecular weight is 438 g/mol. The van der Waals surface area contributed by atoms with E-state index in [4.69, 9.17) is 19.5 Å². The average Bonchev–Trinajstić information content (AvgIpc) is 3.36. The fraction of sp³-hybridized carbons (Fsp3) is 0.435. The number of hydrogen-bond acceptors (Lipinski definition) is 8. The molecule has 2 aliphatic rings. The highest BCUT2D eigenvalue weighted by Gasteiger charge is 2.35. The van der Waals surface area contributed by atoms with Crippen molar-refractivity contribution in [1.29, 1.82) is 5.26 Å². The molecule has 1 unspecified atom stereocenters. The van der Waals surface area contributed by atoms with Crippen molar-refractivity contribution in [3.8, 4) is 23.3 Å². The van der Waals surface area contributed by atoms with Crippen LogP contribution in [0.5, 0.6) is 17.2 Å². The molecular formula is C23H26N4O5. The lowest BCUT2D eigenvalue weighted by molar-refractivity contribution is 0.0505. The lowest BCUT2D eigenvalue weighted by Gasteiger charge is -2.29. The maximum Gasteiger partial charge on any atom is 0.407 e. The Morgan fingerprint density at radius 2 is 2.09 bits per heavy atom. The summed E-state index contributed by atoms with van der Waals surface area (Å²) in [6, 6.07) is 8.35. The van der Waals surface area contributed by atoms with Crippen molar-refractivity contribution < 1.29 is 24.1 Å². The fourth-order valence-corrected chi connectivity index (χ4v) is 3.96. The van der Waals surface area contributed by atoms with Gasteiger partial charge in [-0.2, -0.15) is 5.26 Å². The number of carbonyl (C=O) groups excluding carboxylic acids is 1. The number of aromatic nitrogens is 1. The quantitative estimate of drug-likeness (QED) is 0.748. The van der Waals surface area contributed by atoms with Gasteiger partial charge in [0, 0.05) is 37.0 Å². The molecule has 0 aliphatic carbocycles. The van der Waals surface area contributed by atoms with Crippen molar-refractivity contribution in [1.82, 2.24) is 15.2 Å². The molecule has 9 nitrogen and oxygen atoms in total. The molecule has 1 aromatic heterocycles. The van der Waals surface area contributed by atoms with Crippen LogP contribution in [0.15, 0.2) is 30.5 Å². The van der Waals surface area contributed by atoms with Crippen molar-refractivity contribution in [3.05, 3.63) is 47.3 Å². The van der Waals surface area contributed by atoms with E-state index in [0.717, 1.165) is 6.42 Å². The molecule has 1 saturated heterocycles. The largest absolute Gasteiger partial charge is 0.507 e. The number of carbonyl (C=O) groups is 1. The summed E-state index contributed by atoms with van der Waals surface area (Å²) < 4.78 is 16.3. The second-order valence-corrected chi connectivity index (χ2v) is 8.88. The van der Waals surface area contributed by atoms with Gasteiger partial charge in [0.1, 0.15) is 17.4 Å². The number of phenols is 1. The molecule has 2 aliphatic heterocycles. The minimum absolute atomic E-state index is 0.0639. The van der Waals surface area contributed by atoms with Gasteiger partial charge in [-0.05, 0) is 45.4 Å². The number of amides is 1. The second-order valence-electron chi connectivity index (χ2n) is 8.88. The zero-order valence-corrected chi connectivity index (χ0v) is 18.3. The molecule has 4 rings (SSSR count). The first-order valence-corrected chi connectivity index (χ1v) is 10.5. The molecule has 2 N–H and O–H groups in total. The SMILES string of the molecule is CC(C)(C)OC(=O)N[C@@H]1CCN(C(c2ccc(C#N)cn2)c2cc3c(cc2O)OCO3)C1. The minimum Gasteiger partial charge on any atom is -0.507 e. The van der Waals surface area contributed by atoms with E-state index in [0.29, 0.717) is 41.4 Å². The number of likely N-dealkylation sites (tertiary alicyclic amines) is 1. The van der Waals surface area contributed by atoms with Crippen molar-refractivity contribution in [3.63, 3.8) is 0 Å². The number of pyridine rings is 1. The Hall–Kier alpha value is -3.51. The van der Waals surface area contributed by atoms with Gasteiger partial charge in [0.15, 0.2) is 11.5 Å². The van der Waals surface area contributed by atoms with Crippen LogP contribution in [0.1, 0.15) is 50.1 Å². The topological polar surface area (TPSA) is 117 Å². The number of aromatic hydroxyl groups is 1. The maximum absolute atomic E-state index is 12.2. The normalized spacial score (nSPS) is 18.8. The molecule has 1 fully saturated rings. The predicted molar refractivity (Wildman–Crippen MR) is 114 cm³/mol. The predicted octanol–water partition coefficient (Wildman–Crippen LogP) is 3.08. The minimum atomic E-state index is -0.574. The highest BCUT2D eigenvalue weighted by atomic mass is 16.7.